The summed E-state index contributed by atoms with van der Waals surface area (Å²) in [6.07, 6.45) is 3.68. The van der Waals surface area contributed by atoms with Crippen molar-refractivity contribution >= 4 is 16.2 Å². The number of carbonyl (C=O) groups is 1. The summed E-state index contributed by atoms with van der Waals surface area (Å²) in [5, 5.41) is 9.17. The average Bonchev–Trinajstić information content (AvgIpc) is 2.54. The van der Waals surface area contributed by atoms with Gasteiger partial charge < -0.3 is 9.84 Å². The zero-order chi connectivity index (χ0) is 14.3. The Balaban J connectivity index is 2.62. The van der Waals surface area contributed by atoms with E-state index < -0.39 is 28.1 Å². The number of methoxy groups -OCH3 is 1. The van der Waals surface area contributed by atoms with Crippen molar-refractivity contribution in [2.75, 3.05) is 20.3 Å². The SMILES string of the molecule is COCCNS(=O)(=O)NC1CCCCCC1C(=O)O. The summed E-state index contributed by atoms with van der Waals surface area (Å²) in [5.74, 6) is -1.59. The molecule has 7 nitrogen and oxygen atoms in total. The fourth-order valence-corrected chi connectivity index (χ4v) is 3.38. The van der Waals surface area contributed by atoms with E-state index in [-0.39, 0.29) is 13.2 Å². The third kappa shape index (κ3) is 5.85. The Morgan fingerprint density at radius 1 is 1.32 bits per heavy atom. The first-order chi connectivity index (χ1) is 8.96. The van der Waals surface area contributed by atoms with Crippen LogP contribution < -0.4 is 9.44 Å². The Bertz CT molecular complexity index is 385. The second kappa shape index (κ2) is 7.78. The molecule has 1 aliphatic carbocycles. The lowest BCUT2D eigenvalue weighted by atomic mass is 9.96. The molecule has 0 radical (unpaired) electrons. The summed E-state index contributed by atoms with van der Waals surface area (Å²) in [6.45, 7) is 0.435. The van der Waals surface area contributed by atoms with Crippen molar-refractivity contribution in [3.05, 3.63) is 0 Å². The van der Waals surface area contributed by atoms with E-state index >= 15 is 0 Å². The summed E-state index contributed by atoms with van der Waals surface area (Å²) < 4.78 is 33.1. The van der Waals surface area contributed by atoms with Gasteiger partial charge in [0.05, 0.1) is 12.5 Å². The summed E-state index contributed by atoms with van der Waals surface area (Å²) in [4.78, 5) is 11.2. The molecule has 2 atom stereocenters. The van der Waals surface area contributed by atoms with Crippen molar-refractivity contribution in [2.24, 2.45) is 5.92 Å². The summed E-state index contributed by atoms with van der Waals surface area (Å²) in [7, 11) is -2.20. The molecule has 0 saturated heterocycles. The smallest absolute Gasteiger partial charge is 0.308 e. The topological polar surface area (TPSA) is 105 Å². The first kappa shape index (κ1) is 16.4. The van der Waals surface area contributed by atoms with E-state index in [1.165, 1.54) is 7.11 Å². The molecule has 0 spiro atoms. The molecule has 0 heterocycles. The van der Waals surface area contributed by atoms with E-state index in [0.717, 1.165) is 19.3 Å². The highest BCUT2D eigenvalue weighted by Crippen LogP contribution is 2.24. The third-order valence-electron chi connectivity index (χ3n) is 3.24. The highest BCUT2D eigenvalue weighted by atomic mass is 32.2. The van der Waals surface area contributed by atoms with E-state index in [2.05, 4.69) is 9.44 Å². The minimum absolute atomic E-state index is 0.163. The summed E-state index contributed by atoms with van der Waals surface area (Å²) in [5.41, 5.74) is 0. The van der Waals surface area contributed by atoms with Crippen molar-refractivity contribution in [1.29, 1.82) is 0 Å². The molecule has 0 aromatic heterocycles. The number of rotatable bonds is 7. The number of aliphatic carboxylic acids is 1. The molecular formula is C11H22N2O5S. The average molecular weight is 294 g/mol. The Kier molecular flexibility index (Phi) is 6.70. The Morgan fingerprint density at radius 2 is 2.00 bits per heavy atom. The van der Waals surface area contributed by atoms with Crippen molar-refractivity contribution in [1.82, 2.24) is 9.44 Å². The highest BCUT2D eigenvalue weighted by molar-refractivity contribution is 7.87. The van der Waals surface area contributed by atoms with Gasteiger partial charge in [-0.2, -0.15) is 17.9 Å². The van der Waals surface area contributed by atoms with Crippen LogP contribution >= 0.6 is 0 Å². The number of ether oxygens (including phenoxy) is 1. The maximum absolute atomic E-state index is 11.8. The summed E-state index contributed by atoms with van der Waals surface area (Å²) >= 11 is 0. The lowest BCUT2D eigenvalue weighted by molar-refractivity contribution is -0.142. The van der Waals surface area contributed by atoms with Crippen molar-refractivity contribution in [3.8, 4) is 0 Å². The van der Waals surface area contributed by atoms with Crippen LogP contribution in [0.2, 0.25) is 0 Å². The molecule has 1 rings (SSSR count). The van der Waals surface area contributed by atoms with Crippen LogP contribution in [0.5, 0.6) is 0 Å². The zero-order valence-corrected chi connectivity index (χ0v) is 11.9. The van der Waals surface area contributed by atoms with Crippen LogP contribution in [0, 0.1) is 5.92 Å². The maximum Gasteiger partial charge on any atom is 0.308 e. The Morgan fingerprint density at radius 3 is 2.63 bits per heavy atom. The molecule has 0 aromatic rings. The van der Waals surface area contributed by atoms with Crippen LogP contribution in [0.1, 0.15) is 32.1 Å². The van der Waals surface area contributed by atoms with Gasteiger partial charge in [-0.15, -0.1) is 0 Å². The zero-order valence-electron chi connectivity index (χ0n) is 11.1. The minimum Gasteiger partial charge on any atom is -0.481 e. The third-order valence-corrected chi connectivity index (χ3v) is 4.44. The molecule has 112 valence electrons. The van der Waals surface area contributed by atoms with Gasteiger partial charge in [0, 0.05) is 19.7 Å². The predicted octanol–water partition coefficient (Wildman–Crippen LogP) is 0.0903. The van der Waals surface area contributed by atoms with E-state index in [1.54, 1.807) is 0 Å². The van der Waals surface area contributed by atoms with Gasteiger partial charge in [0.1, 0.15) is 0 Å². The standard InChI is InChI=1S/C11H22N2O5S/c1-18-8-7-12-19(16,17)13-10-6-4-2-3-5-9(10)11(14)15/h9-10,12-13H,2-8H2,1H3,(H,14,15). The lowest BCUT2D eigenvalue weighted by Gasteiger charge is -2.22. The van der Waals surface area contributed by atoms with Gasteiger partial charge in [-0.1, -0.05) is 19.3 Å². The fourth-order valence-electron chi connectivity index (χ4n) is 2.26. The molecule has 19 heavy (non-hydrogen) atoms. The molecule has 0 aromatic carbocycles. The molecular weight excluding hydrogens is 272 g/mol. The first-order valence-corrected chi connectivity index (χ1v) is 7.93. The molecule has 1 fully saturated rings. The largest absolute Gasteiger partial charge is 0.481 e. The maximum atomic E-state index is 11.8. The molecule has 0 amide bonds. The first-order valence-electron chi connectivity index (χ1n) is 6.45. The van der Waals surface area contributed by atoms with E-state index in [0.29, 0.717) is 12.8 Å². The Hall–Kier alpha value is -0.700. The molecule has 8 heteroatoms. The van der Waals surface area contributed by atoms with Crippen LogP contribution in [0.3, 0.4) is 0 Å². The number of hydrogen-bond donors (Lipinski definition) is 3. The molecule has 0 aliphatic heterocycles. The van der Waals surface area contributed by atoms with Crippen molar-refractivity contribution < 1.29 is 23.1 Å². The summed E-state index contributed by atoms with van der Waals surface area (Å²) in [6, 6.07) is -0.542. The van der Waals surface area contributed by atoms with Crippen LogP contribution in [-0.2, 0) is 19.7 Å². The fraction of sp³-hybridized carbons (Fsp3) is 0.909. The van der Waals surface area contributed by atoms with E-state index in [9.17, 15) is 13.2 Å². The van der Waals surface area contributed by atoms with Crippen molar-refractivity contribution in [3.63, 3.8) is 0 Å². The van der Waals surface area contributed by atoms with Gasteiger partial charge in [-0.3, -0.25) is 4.79 Å². The monoisotopic (exact) mass is 294 g/mol. The number of carboxylic acid groups (broad SMARTS) is 1. The normalized spacial score (nSPS) is 24.9. The van der Waals surface area contributed by atoms with E-state index in [4.69, 9.17) is 9.84 Å². The van der Waals surface area contributed by atoms with Crippen LogP contribution in [0.15, 0.2) is 0 Å². The van der Waals surface area contributed by atoms with Gasteiger partial charge in [0.2, 0.25) is 0 Å². The van der Waals surface area contributed by atoms with Gasteiger partial charge in [0.15, 0.2) is 0 Å². The minimum atomic E-state index is -3.68. The molecule has 2 unspecified atom stereocenters. The number of carboxylic acids is 1. The quantitative estimate of drug-likeness (QED) is 0.456. The van der Waals surface area contributed by atoms with Gasteiger partial charge in [0.25, 0.3) is 10.2 Å². The number of nitrogens with one attached hydrogen (secondary N) is 2. The highest BCUT2D eigenvalue weighted by Gasteiger charge is 2.32. The lowest BCUT2D eigenvalue weighted by Crippen LogP contribution is -2.48. The van der Waals surface area contributed by atoms with Crippen LogP contribution in [-0.4, -0.2) is 45.8 Å². The second-order valence-corrected chi connectivity index (χ2v) is 6.23. The molecule has 1 aliphatic rings. The van der Waals surface area contributed by atoms with Gasteiger partial charge in [-0.25, -0.2) is 0 Å². The molecule has 3 N–H and O–H groups in total. The molecule has 1 saturated carbocycles. The van der Waals surface area contributed by atoms with Crippen LogP contribution in [0.25, 0.3) is 0 Å². The Labute approximate surface area is 113 Å². The van der Waals surface area contributed by atoms with Crippen LogP contribution in [0.4, 0.5) is 0 Å². The van der Waals surface area contributed by atoms with Crippen molar-refractivity contribution in [2.45, 2.75) is 38.1 Å². The van der Waals surface area contributed by atoms with E-state index in [1.807, 2.05) is 0 Å². The van der Waals surface area contributed by atoms with Gasteiger partial charge in [-0.05, 0) is 12.8 Å². The molecule has 0 bridgehead atoms. The van der Waals surface area contributed by atoms with Gasteiger partial charge >= 0.3 is 5.97 Å². The number of hydrogen-bond acceptors (Lipinski definition) is 4. The second-order valence-electron chi connectivity index (χ2n) is 4.70. The predicted molar refractivity (Wildman–Crippen MR) is 69.9 cm³/mol.